The standard InChI is InChI=1S/C13H23N3O/c1-3-10-17-12-6-5-8-15-13(12)16-9-7-11(14)4-2/h5-6,8,11H,3-4,7,9-10,14H2,1-2H3,(H,15,16). The average molecular weight is 237 g/mol. The van der Waals surface area contributed by atoms with Crippen molar-refractivity contribution in [3.05, 3.63) is 18.3 Å². The zero-order chi connectivity index (χ0) is 12.5. The first kappa shape index (κ1) is 13.8. The number of nitrogens with one attached hydrogen (secondary N) is 1. The number of pyridine rings is 1. The number of nitrogens with two attached hydrogens (primary N) is 1. The van der Waals surface area contributed by atoms with E-state index in [0.717, 1.165) is 44.0 Å². The number of nitrogens with zero attached hydrogens (tertiary/aromatic N) is 1. The highest BCUT2D eigenvalue weighted by atomic mass is 16.5. The maximum absolute atomic E-state index is 5.86. The van der Waals surface area contributed by atoms with Crippen LogP contribution in [0.1, 0.15) is 33.1 Å². The summed E-state index contributed by atoms with van der Waals surface area (Å²) < 4.78 is 5.61. The molecule has 4 heteroatoms. The second-order valence-electron chi connectivity index (χ2n) is 4.08. The largest absolute Gasteiger partial charge is 0.490 e. The third kappa shape index (κ3) is 5.04. The molecule has 3 N–H and O–H groups in total. The topological polar surface area (TPSA) is 60.2 Å². The first-order valence-corrected chi connectivity index (χ1v) is 6.35. The molecule has 0 aromatic carbocycles. The quantitative estimate of drug-likeness (QED) is 0.729. The van der Waals surface area contributed by atoms with Crippen molar-refractivity contribution >= 4 is 5.82 Å². The summed E-state index contributed by atoms with van der Waals surface area (Å²) in [7, 11) is 0. The van der Waals surface area contributed by atoms with Crippen LogP contribution in [0.4, 0.5) is 5.82 Å². The molecular formula is C13H23N3O. The highest BCUT2D eigenvalue weighted by Crippen LogP contribution is 2.20. The van der Waals surface area contributed by atoms with Gasteiger partial charge in [-0.25, -0.2) is 4.98 Å². The molecular weight excluding hydrogens is 214 g/mol. The number of anilines is 1. The molecule has 4 nitrogen and oxygen atoms in total. The third-order valence-corrected chi connectivity index (χ3v) is 2.56. The van der Waals surface area contributed by atoms with Gasteiger partial charge in [0.1, 0.15) is 0 Å². The predicted octanol–water partition coefficient (Wildman–Crippen LogP) is 2.41. The smallest absolute Gasteiger partial charge is 0.168 e. The summed E-state index contributed by atoms with van der Waals surface area (Å²) in [5.74, 6) is 1.63. The van der Waals surface area contributed by atoms with Crippen LogP contribution < -0.4 is 15.8 Å². The van der Waals surface area contributed by atoms with E-state index < -0.39 is 0 Å². The minimum absolute atomic E-state index is 0.256. The van der Waals surface area contributed by atoms with Gasteiger partial charge >= 0.3 is 0 Å². The fraction of sp³-hybridized carbons (Fsp3) is 0.615. The highest BCUT2D eigenvalue weighted by molar-refractivity contribution is 5.49. The SMILES string of the molecule is CCCOc1cccnc1NCCC(N)CC. The van der Waals surface area contributed by atoms with Gasteiger partial charge in [-0.3, -0.25) is 0 Å². The first-order valence-electron chi connectivity index (χ1n) is 6.35. The summed E-state index contributed by atoms with van der Waals surface area (Å²) in [6.45, 7) is 5.73. The van der Waals surface area contributed by atoms with Crippen molar-refractivity contribution in [3.8, 4) is 5.75 Å². The van der Waals surface area contributed by atoms with E-state index in [2.05, 4.69) is 24.1 Å². The van der Waals surface area contributed by atoms with Crippen LogP contribution >= 0.6 is 0 Å². The van der Waals surface area contributed by atoms with E-state index in [1.165, 1.54) is 0 Å². The Morgan fingerprint density at radius 1 is 1.47 bits per heavy atom. The molecule has 1 rings (SSSR count). The van der Waals surface area contributed by atoms with Crippen molar-refractivity contribution in [3.63, 3.8) is 0 Å². The second kappa shape index (κ2) is 7.90. The van der Waals surface area contributed by atoms with Crippen LogP contribution in [0.5, 0.6) is 5.75 Å². The van der Waals surface area contributed by atoms with Gasteiger partial charge in [0.05, 0.1) is 6.61 Å². The number of rotatable bonds is 8. The molecule has 0 aliphatic carbocycles. The molecule has 1 unspecified atom stereocenters. The van der Waals surface area contributed by atoms with E-state index in [4.69, 9.17) is 10.5 Å². The lowest BCUT2D eigenvalue weighted by atomic mass is 10.2. The molecule has 17 heavy (non-hydrogen) atoms. The Bertz CT molecular complexity index is 317. The third-order valence-electron chi connectivity index (χ3n) is 2.56. The lowest BCUT2D eigenvalue weighted by molar-refractivity contribution is 0.317. The molecule has 0 saturated carbocycles. The van der Waals surface area contributed by atoms with Gasteiger partial charge in [-0.05, 0) is 31.4 Å². The van der Waals surface area contributed by atoms with Gasteiger partial charge in [-0.15, -0.1) is 0 Å². The monoisotopic (exact) mass is 237 g/mol. The van der Waals surface area contributed by atoms with Crippen LogP contribution in [0.25, 0.3) is 0 Å². The van der Waals surface area contributed by atoms with Gasteiger partial charge in [-0.2, -0.15) is 0 Å². The van der Waals surface area contributed by atoms with Crippen LogP contribution in [0.15, 0.2) is 18.3 Å². The van der Waals surface area contributed by atoms with Crippen LogP contribution in [-0.2, 0) is 0 Å². The minimum Gasteiger partial charge on any atom is -0.490 e. The van der Waals surface area contributed by atoms with E-state index in [1.54, 1.807) is 6.20 Å². The summed E-state index contributed by atoms with van der Waals surface area (Å²) in [5, 5.41) is 3.27. The van der Waals surface area contributed by atoms with Gasteiger partial charge in [-0.1, -0.05) is 13.8 Å². The maximum Gasteiger partial charge on any atom is 0.168 e. The van der Waals surface area contributed by atoms with Crippen molar-refractivity contribution in [2.45, 2.75) is 39.2 Å². The highest BCUT2D eigenvalue weighted by Gasteiger charge is 2.04. The molecule has 0 radical (unpaired) electrons. The number of ether oxygens (including phenoxy) is 1. The number of hydrogen-bond acceptors (Lipinski definition) is 4. The molecule has 0 aliphatic rings. The molecule has 0 bridgehead atoms. The Morgan fingerprint density at radius 3 is 3.00 bits per heavy atom. The molecule has 0 spiro atoms. The lowest BCUT2D eigenvalue weighted by Gasteiger charge is -2.13. The zero-order valence-corrected chi connectivity index (χ0v) is 10.8. The molecule has 0 aliphatic heterocycles. The first-order chi connectivity index (χ1) is 8.27. The Morgan fingerprint density at radius 2 is 2.29 bits per heavy atom. The number of hydrogen-bond donors (Lipinski definition) is 2. The Kier molecular flexibility index (Phi) is 6.40. The van der Waals surface area contributed by atoms with Crippen LogP contribution in [0.2, 0.25) is 0 Å². The molecule has 1 aromatic rings. The van der Waals surface area contributed by atoms with E-state index in [9.17, 15) is 0 Å². The van der Waals surface area contributed by atoms with Gasteiger partial charge in [0.2, 0.25) is 0 Å². The van der Waals surface area contributed by atoms with Crippen molar-refractivity contribution in [1.82, 2.24) is 4.98 Å². The summed E-state index contributed by atoms with van der Waals surface area (Å²) in [4.78, 5) is 4.28. The normalized spacial score (nSPS) is 12.2. The van der Waals surface area contributed by atoms with Crippen molar-refractivity contribution < 1.29 is 4.74 Å². The second-order valence-corrected chi connectivity index (χ2v) is 4.08. The van der Waals surface area contributed by atoms with E-state index in [-0.39, 0.29) is 6.04 Å². The summed E-state index contributed by atoms with van der Waals surface area (Å²) in [6, 6.07) is 4.07. The Hall–Kier alpha value is -1.29. The molecule has 0 saturated heterocycles. The molecule has 1 atom stereocenters. The molecule has 1 heterocycles. The fourth-order valence-corrected chi connectivity index (χ4v) is 1.43. The van der Waals surface area contributed by atoms with Crippen LogP contribution in [-0.4, -0.2) is 24.2 Å². The summed E-state index contributed by atoms with van der Waals surface area (Å²) in [6.07, 6.45) is 4.71. The zero-order valence-electron chi connectivity index (χ0n) is 10.8. The minimum atomic E-state index is 0.256. The fourth-order valence-electron chi connectivity index (χ4n) is 1.43. The van der Waals surface area contributed by atoms with E-state index in [0.29, 0.717) is 0 Å². The predicted molar refractivity (Wildman–Crippen MR) is 71.4 cm³/mol. The van der Waals surface area contributed by atoms with Gasteiger partial charge in [0.25, 0.3) is 0 Å². The Labute approximate surface area is 104 Å². The number of aromatic nitrogens is 1. The van der Waals surface area contributed by atoms with Crippen molar-refractivity contribution in [1.29, 1.82) is 0 Å². The maximum atomic E-state index is 5.86. The molecule has 96 valence electrons. The summed E-state index contributed by atoms with van der Waals surface area (Å²) >= 11 is 0. The van der Waals surface area contributed by atoms with Gasteiger partial charge < -0.3 is 15.8 Å². The average Bonchev–Trinajstić information content (AvgIpc) is 2.37. The van der Waals surface area contributed by atoms with E-state index >= 15 is 0 Å². The molecule has 0 fully saturated rings. The van der Waals surface area contributed by atoms with Crippen molar-refractivity contribution in [2.75, 3.05) is 18.5 Å². The Balaban J connectivity index is 2.45. The van der Waals surface area contributed by atoms with Crippen LogP contribution in [0, 0.1) is 0 Å². The van der Waals surface area contributed by atoms with Crippen molar-refractivity contribution in [2.24, 2.45) is 5.73 Å². The molecule has 1 aromatic heterocycles. The molecule has 0 amide bonds. The van der Waals surface area contributed by atoms with E-state index in [1.807, 2.05) is 12.1 Å². The van der Waals surface area contributed by atoms with Gasteiger partial charge in [0.15, 0.2) is 11.6 Å². The lowest BCUT2D eigenvalue weighted by Crippen LogP contribution is -2.22. The van der Waals surface area contributed by atoms with Gasteiger partial charge in [0, 0.05) is 18.8 Å². The van der Waals surface area contributed by atoms with Crippen LogP contribution in [0.3, 0.4) is 0 Å². The summed E-state index contributed by atoms with van der Waals surface area (Å²) in [5.41, 5.74) is 5.86.